The number of azo groups is 1. The smallest absolute Gasteiger partial charge is 0.296 e. The maximum atomic E-state index is 11.8. The van der Waals surface area contributed by atoms with Crippen LogP contribution >= 0.6 is 0 Å². The third-order valence-electron chi connectivity index (χ3n) is 5.81. The molecule has 0 amide bonds. The Hall–Kier alpha value is -3.34. The molecule has 0 atom stereocenters. The third kappa shape index (κ3) is 6.87. The Morgan fingerprint density at radius 3 is 2.50 bits per heavy atom. The van der Waals surface area contributed by atoms with Crippen LogP contribution in [0.4, 0.5) is 23.0 Å². The zero-order valence-corrected chi connectivity index (χ0v) is 21.4. The van der Waals surface area contributed by atoms with Crippen molar-refractivity contribution in [1.82, 2.24) is 4.98 Å². The Bertz CT molecular complexity index is 1410. The first kappa shape index (κ1) is 27.3. The van der Waals surface area contributed by atoms with Crippen molar-refractivity contribution in [1.29, 1.82) is 5.26 Å². The summed E-state index contributed by atoms with van der Waals surface area (Å²) in [5, 5.41) is 25.3. The van der Waals surface area contributed by atoms with Gasteiger partial charge in [-0.05, 0) is 31.9 Å². The molecule has 1 aliphatic carbocycles. The van der Waals surface area contributed by atoms with Crippen LogP contribution < -0.4 is 10.6 Å². The Kier molecular flexibility index (Phi) is 8.78. The molecule has 3 rings (SSSR count). The van der Waals surface area contributed by atoms with Crippen molar-refractivity contribution in [3.05, 3.63) is 47.4 Å². The molecule has 2 aromatic rings. The first-order chi connectivity index (χ1) is 17.1. The van der Waals surface area contributed by atoms with Crippen LogP contribution in [0.3, 0.4) is 0 Å². The predicted molar refractivity (Wildman–Crippen MR) is 137 cm³/mol. The number of aromatic nitrogens is 1. The summed E-state index contributed by atoms with van der Waals surface area (Å²) in [6.07, 6.45) is 5.08. The van der Waals surface area contributed by atoms with E-state index in [9.17, 15) is 26.7 Å². The molecule has 11 nitrogen and oxygen atoms in total. The monoisotopic (exact) mass is 532 g/mol. The Morgan fingerprint density at radius 1 is 1.17 bits per heavy atom. The van der Waals surface area contributed by atoms with E-state index in [-0.39, 0.29) is 41.1 Å². The van der Waals surface area contributed by atoms with Gasteiger partial charge >= 0.3 is 0 Å². The zero-order valence-electron chi connectivity index (χ0n) is 19.8. The number of hydrogen-bond donors (Lipinski definition) is 3. The average Bonchev–Trinajstić information content (AvgIpc) is 2.84. The number of rotatable bonds is 10. The molecule has 0 unspecified atom stereocenters. The summed E-state index contributed by atoms with van der Waals surface area (Å²) in [4.78, 5) is 4.14. The minimum atomic E-state index is -4.53. The average molecular weight is 533 g/mol. The highest BCUT2D eigenvalue weighted by Crippen LogP contribution is 2.37. The lowest BCUT2D eigenvalue weighted by Gasteiger charge is -2.25. The molecule has 0 bridgehead atoms. The third-order valence-corrected chi connectivity index (χ3v) is 7.99. The highest BCUT2D eigenvalue weighted by molar-refractivity contribution is 7.94. The lowest BCUT2D eigenvalue weighted by atomic mass is 9.95. The molecule has 13 heteroatoms. The van der Waals surface area contributed by atoms with E-state index in [0.29, 0.717) is 11.4 Å². The number of anilines is 2. The second kappa shape index (κ2) is 11.6. The number of nitriles is 1. The second-order valence-electron chi connectivity index (χ2n) is 8.35. The molecule has 1 fully saturated rings. The molecule has 1 aromatic heterocycles. The van der Waals surface area contributed by atoms with E-state index in [1.807, 2.05) is 0 Å². The fourth-order valence-corrected chi connectivity index (χ4v) is 5.06. The maximum Gasteiger partial charge on any atom is 0.296 e. The molecule has 0 spiro atoms. The molecule has 0 radical (unpaired) electrons. The lowest BCUT2D eigenvalue weighted by molar-refractivity contribution is 0.462. The second-order valence-corrected chi connectivity index (χ2v) is 11.8. The Morgan fingerprint density at radius 2 is 1.86 bits per heavy atom. The van der Waals surface area contributed by atoms with E-state index in [4.69, 9.17) is 0 Å². The fraction of sp³-hybridized carbons (Fsp3) is 0.391. The summed E-state index contributed by atoms with van der Waals surface area (Å²) in [5.74, 6) is 0.312. The largest absolute Gasteiger partial charge is 0.368 e. The summed E-state index contributed by atoms with van der Waals surface area (Å²) in [5.41, 5.74) is 0.745. The van der Waals surface area contributed by atoms with Crippen LogP contribution in [0.15, 0.2) is 51.4 Å². The quantitative estimate of drug-likeness (QED) is 0.291. The van der Waals surface area contributed by atoms with Crippen molar-refractivity contribution in [2.45, 2.75) is 50.0 Å². The van der Waals surface area contributed by atoms with Crippen molar-refractivity contribution in [3.63, 3.8) is 0 Å². The Balaban J connectivity index is 2.05. The number of nitrogens with zero attached hydrogens (tertiary/aromatic N) is 4. The normalized spacial score (nSPS) is 14.9. The van der Waals surface area contributed by atoms with Crippen LogP contribution in [0.5, 0.6) is 0 Å². The molecule has 0 aliphatic heterocycles. The van der Waals surface area contributed by atoms with Crippen molar-refractivity contribution in [2.75, 3.05) is 22.9 Å². The van der Waals surface area contributed by atoms with Gasteiger partial charge in [-0.25, -0.2) is 13.4 Å². The van der Waals surface area contributed by atoms with Crippen LogP contribution in [0.1, 0.15) is 43.2 Å². The van der Waals surface area contributed by atoms with Gasteiger partial charge in [0.15, 0.2) is 15.7 Å². The molecule has 0 saturated heterocycles. The number of nitrogens with one attached hydrogen (secondary N) is 2. The van der Waals surface area contributed by atoms with Gasteiger partial charge in [-0.15, -0.1) is 10.2 Å². The number of hydrogen-bond acceptors (Lipinski definition) is 10. The van der Waals surface area contributed by atoms with E-state index in [2.05, 4.69) is 38.5 Å². The van der Waals surface area contributed by atoms with Crippen LogP contribution in [0, 0.1) is 18.3 Å². The molecule has 36 heavy (non-hydrogen) atoms. The van der Waals surface area contributed by atoms with E-state index >= 15 is 0 Å². The number of sulfone groups is 1. The molecule has 192 valence electrons. The lowest BCUT2D eigenvalue weighted by Crippen LogP contribution is -2.23. The highest BCUT2D eigenvalue weighted by Gasteiger charge is 2.22. The van der Waals surface area contributed by atoms with Gasteiger partial charge in [0.2, 0.25) is 0 Å². The summed E-state index contributed by atoms with van der Waals surface area (Å²) in [6, 6.07) is 7.80. The van der Waals surface area contributed by atoms with Gasteiger partial charge in [0.25, 0.3) is 10.1 Å². The minimum Gasteiger partial charge on any atom is -0.368 e. The van der Waals surface area contributed by atoms with Crippen LogP contribution in [0.25, 0.3) is 0 Å². The van der Waals surface area contributed by atoms with Gasteiger partial charge in [0.1, 0.15) is 28.2 Å². The van der Waals surface area contributed by atoms with Gasteiger partial charge < -0.3 is 10.6 Å². The van der Waals surface area contributed by atoms with E-state index < -0.39 is 24.9 Å². The van der Waals surface area contributed by atoms with Gasteiger partial charge in [-0.1, -0.05) is 38.0 Å². The van der Waals surface area contributed by atoms with Crippen molar-refractivity contribution >= 4 is 43.0 Å². The highest BCUT2D eigenvalue weighted by atomic mass is 32.2. The standard InChI is InChI=1S/C23H28N6O5S2/c1-3-35(30,31)14-13-25-22-18(15-24)16(2)21(23(27-22)26-17-9-5-4-6-10-17)29-28-19-11-7-8-12-20(19)36(32,33)34/h3,7-8,11-12,17H,1,4-6,9-10,13-14H2,2H3,(H2,25,26,27)(H,32,33,34). The predicted octanol–water partition coefficient (Wildman–Crippen LogP) is 4.64. The van der Waals surface area contributed by atoms with Crippen molar-refractivity contribution < 1.29 is 21.4 Å². The molecule has 1 heterocycles. The van der Waals surface area contributed by atoms with Crippen LogP contribution in [-0.4, -0.2) is 44.7 Å². The SMILES string of the molecule is C=CS(=O)(=O)CCNc1nc(NC2CCCCC2)c(N=Nc2ccccc2S(=O)(=O)O)c(C)c1C#N. The molecule has 3 N–H and O–H groups in total. The van der Waals surface area contributed by atoms with Gasteiger partial charge in [0.05, 0.1) is 11.3 Å². The van der Waals surface area contributed by atoms with E-state index in [1.165, 1.54) is 18.2 Å². The van der Waals surface area contributed by atoms with Crippen molar-refractivity contribution in [3.8, 4) is 6.07 Å². The Labute approximate surface area is 211 Å². The fourth-order valence-electron chi connectivity index (χ4n) is 3.88. The molecular formula is C23H28N6O5S2. The maximum absolute atomic E-state index is 11.8. The minimum absolute atomic E-state index is 0.0148. The van der Waals surface area contributed by atoms with Gasteiger partial charge in [-0.3, -0.25) is 4.55 Å². The van der Waals surface area contributed by atoms with Gasteiger partial charge in [-0.2, -0.15) is 13.7 Å². The molecule has 1 saturated carbocycles. The number of pyridine rings is 1. The van der Waals surface area contributed by atoms with E-state index in [0.717, 1.165) is 37.5 Å². The van der Waals surface area contributed by atoms with Gasteiger partial charge in [0, 0.05) is 23.6 Å². The summed E-state index contributed by atoms with van der Waals surface area (Å²) in [6.45, 7) is 4.96. The summed E-state index contributed by atoms with van der Waals surface area (Å²) >= 11 is 0. The molecule has 1 aliphatic rings. The number of benzene rings is 1. The summed E-state index contributed by atoms with van der Waals surface area (Å²) in [7, 11) is -7.97. The zero-order chi connectivity index (χ0) is 26.3. The van der Waals surface area contributed by atoms with Crippen LogP contribution in [-0.2, 0) is 20.0 Å². The first-order valence-electron chi connectivity index (χ1n) is 11.3. The van der Waals surface area contributed by atoms with Crippen LogP contribution in [0.2, 0.25) is 0 Å². The first-order valence-corrected chi connectivity index (χ1v) is 14.5. The molecule has 1 aromatic carbocycles. The summed E-state index contributed by atoms with van der Waals surface area (Å²) < 4.78 is 56.5. The van der Waals surface area contributed by atoms with E-state index in [1.54, 1.807) is 13.0 Å². The molecular weight excluding hydrogens is 504 g/mol. The topological polar surface area (TPSA) is 174 Å². The van der Waals surface area contributed by atoms with Crippen molar-refractivity contribution in [2.24, 2.45) is 10.2 Å².